The number of rotatable bonds is 8. The van der Waals surface area contributed by atoms with Crippen LogP contribution in [0.5, 0.6) is 0 Å². The number of benzene rings is 1. The molecule has 0 bridgehead atoms. The van der Waals surface area contributed by atoms with Crippen molar-refractivity contribution in [3.05, 3.63) is 48.2 Å². The molecule has 1 aromatic carbocycles. The number of aromatic nitrogens is 1. The second-order valence-corrected chi connectivity index (χ2v) is 5.25. The van der Waals surface area contributed by atoms with E-state index >= 15 is 0 Å². The second kappa shape index (κ2) is 7.27. The molecule has 2 rings (SSSR count). The van der Waals surface area contributed by atoms with Crippen molar-refractivity contribution < 1.29 is 4.74 Å². The van der Waals surface area contributed by atoms with Crippen LogP contribution in [0.1, 0.15) is 12.5 Å². The Morgan fingerprint density at radius 3 is 2.85 bits per heavy atom. The van der Waals surface area contributed by atoms with Gasteiger partial charge in [0.1, 0.15) is 0 Å². The molecule has 1 heterocycles. The van der Waals surface area contributed by atoms with Crippen LogP contribution in [-0.2, 0) is 17.7 Å². The summed E-state index contributed by atoms with van der Waals surface area (Å²) in [5.74, 6) is 0. The molecule has 0 spiro atoms. The zero-order valence-electron chi connectivity index (χ0n) is 12.5. The number of hydrogen-bond acceptors (Lipinski definition) is 2. The molecule has 0 aliphatic rings. The molecule has 1 aromatic heterocycles. The van der Waals surface area contributed by atoms with Gasteiger partial charge in [0.05, 0.1) is 6.61 Å². The number of nitrogens with zero attached hydrogens (tertiary/aromatic N) is 1. The maximum atomic E-state index is 5.04. The lowest BCUT2D eigenvalue weighted by molar-refractivity contribution is 0.199. The molecule has 0 radical (unpaired) electrons. The molecule has 3 nitrogen and oxygen atoms in total. The molecular formula is C17H24N2O. The first-order chi connectivity index (χ1) is 9.72. The van der Waals surface area contributed by atoms with Crippen LogP contribution >= 0.6 is 0 Å². The smallest absolute Gasteiger partial charge is 0.0587 e. The average Bonchev–Trinajstić information content (AvgIpc) is 2.77. The van der Waals surface area contributed by atoms with Crippen molar-refractivity contribution in [3.8, 4) is 0 Å². The summed E-state index contributed by atoms with van der Waals surface area (Å²) in [5, 5.41) is 4.75. The molecule has 0 aliphatic heterocycles. The summed E-state index contributed by atoms with van der Waals surface area (Å²) >= 11 is 0. The molecule has 108 valence electrons. The van der Waals surface area contributed by atoms with Crippen LogP contribution in [-0.4, -0.2) is 31.4 Å². The fourth-order valence-corrected chi connectivity index (χ4v) is 2.47. The Kier molecular flexibility index (Phi) is 5.39. The molecule has 1 N–H and O–H groups in total. The molecule has 3 heteroatoms. The van der Waals surface area contributed by atoms with Crippen molar-refractivity contribution in [2.24, 2.45) is 0 Å². The highest BCUT2D eigenvalue weighted by Crippen LogP contribution is 2.22. The maximum absolute atomic E-state index is 5.04. The fraction of sp³-hybridized carbons (Fsp3) is 0.412. The van der Waals surface area contributed by atoms with Crippen LogP contribution < -0.4 is 5.32 Å². The lowest BCUT2D eigenvalue weighted by atomic mass is 10.1. The minimum Gasteiger partial charge on any atom is -0.383 e. The SMILES string of the molecule is C=C(C)Cn1cc(CCNCCOC)c2ccccc21. The summed E-state index contributed by atoms with van der Waals surface area (Å²) < 4.78 is 7.33. The van der Waals surface area contributed by atoms with E-state index in [2.05, 4.69) is 53.8 Å². The first-order valence-corrected chi connectivity index (χ1v) is 7.13. The number of para-hydroxylation sites is 1. The van der Waals surface area contributed by atoms with E-state index in [0.717, 1.165) is 32.7 Å². The standard InChI is InChI=1S/C17H24N2O/c1-14(2)12-19-13-15(8-9-18-10-11-20-3)16-6-4-5-7-17(16)19/h4-7,13,18H,1,8-12H2,2-3H3. The van der Waals surface area contributed by atoms with E-state index in [1.807, 2.05) is 0 Å². The van der Waals surface area contributed by atoms with Gasteiger partial charge in [-0.2, -0.15) is 0 Å². The Balaban J connectivity index is 2.10. The lowest BCUT2D eigenvalue weighted by Crippen LogP contribution is -2.21. The van der Waals surface area contributed by atoms with E-state index < -0.39 is 0 Å². The minimum absolute atomic E-state index is 0.761. The van der Waals surface area contributed by atoms with Crippen LogP contribution in [0.2, 0.25) is 0 Å². The van der Waals surface area contributed by atoms with Gasteiger partial charge >= 0.3 is 0 Å². The monoisotopic (exact) mass is 272 g/mol. The molecule has 0 fully saturated rings. The molecule has 0 saturated heterocycles. The number of methoxy groups -OCH3 is 1. The first kappa shape index (κ1) is 14.8. The van der Waals surface area contributed by atoms with Crippen molar-refractivity contribution >= 4 is 10.9 Å². The Morgan fingerprint density at radius 2 is 2.10 bits per heavy atom. The van der Waals surface area contributed by atoms with Gasteiger partial charge in [0.2, 0.25) is 0 Å². The van der Waals surface area contributed by atoms with Crippen LogP contribution in [0.3, 0.4) is 0 Å². The maximum Gasteiger partial charge on any atom is 0.0587 e. The zero-order valence-corrected chi connectivity index (χ0v) is 12.5. The van der Waals surface area contributed by atoms with Gasteiger partial charge in [-0.3, -0.25) is 0 Å². The van der Waals surface area contributed by atoms with Crippen molar-refractivity contribution in [1.82, 2.24) is 9.88 Å². The van der Waals surface area contributed by atoms with Crippen LogP contribution in [0.4, 0.5) is 0 Å². The number of ether oxygens (including phenoxy) is 1. The van der Waals surface area contributed by atoms with Crippen molar-refractivity contribution in [2.75, 3.05) is 26.8 Å². The predicted molar refractivity (Wildman–Crippen MR) is 85.2 cm³/mol. The Labute approximate surface area is 121 Å². The van der Waals surface area contributed by atoms with E-state index in [9.17, 15) is 0 Å². The molecule has 20 heavy (non-hydrogen) atoms. The topological polar surface area (TPSA) is 26.2 Å². The van der Waals surface area contributed by atoms with Gasteiger partial charge in [-0.1, -0.05) is 30.4 Å². The van der Waals surface area contributed by atoms with Crippen LogP contribution in [0, 0.1) is 0 Å². The quantitative estimate of drug-likeness (QED) is 0.590. The summed E-state index contributed by atoms with van der Waals surface area (Å²) in [6, 6.07) is 8.59. The summed E-state index contributed by atoms with van der Waals surface area (Å²) in [4.78, 5) is 0. The second-order valence-electron chi connectivity index (χ2n) is 5.25. The molecular weight excluding hydrogens is 248 g/mol. The van der Waals surface area contributed by atoms with E-state index in [1.165, 1.54) is 22.0 Å². The number of fused-ring (bicyclic) bond motifs is 1. The molecule has 0 aliphatic carbocycles. The zero-order chi connectivity index (χ0) is 14.4. The summed E-state index contributed by atoms with van der Waals surface area (Å²) in [5.41, 5.74) is 3.87. The third-order valence-corrected chi connectivity index (χ3v) is 3.37. The van der Waals surface area contributed by atoms with Gasteiger partial charge in [-0.05, 0) is 31.5 Å². The highest BCUT2D eigenvalue weighted by molar-refractivity contribution is 5.84. The highest BCUT2D eigenvalue weighted by Gasteiger charge is 2.07. The van der Waals surface area contributed by atoms with Crippen molar-refractivity contribution in [3.63, 3.8) is 0 Å². The summed E-state index contributed by atoms with van der Waals surface area (Å²) in [6.07, 6.45) is 3.30. The van der Waals surface area contributed by atoms with Crippen molar-refractivity contribution in [2.45, 2.75) is 19.9 Å². The number of hydrogen-bond donors (Lipinski definition) is 1. The molecule has 0 atom stereocenters. The summed E-state index contributed by atoms with van der Waals surface area (Å²) in [7, 11) is 1.73. The third-order valence-electron chi connectivity index (χ3n) is 3.37. The van der Waals surface area contributed by atoms with E-state index in [0.29, 0.717) is 0 Å². The number of nitrogens with one attached hydrogen (secondary N) is 1. The van der Waals surface area contributed by atoms with E-state index in [1.54, 1.807) is 7.11 Å². The Bertz CT molecular complexity index is 571. The molecule has 0 amide bonds. The average molecular weight is 272 g/mol. The molecule has 2 aromatic rings. The number of allylic oxidation sites excluding steroid dienone is 1. The fourth-order valence-electron chi connectivity index (χ4n) is 2.47. The van der Waals surface area contributed by atoms with Gasteiger partial charge in [-0.25, -0.2) is 0 Å². The third kappa shape index (κ3) is 3.71. The van der Waals surface area contributed by atoms with Gasteiger partial charge in [0, 0.05) is 37.3 Å². The molecule has 0 saturated carbocycles. The van der Waals surface area contributed by atoms with E-state index in [4.69, 9.17) is 4.74 Å². The first-order valence-electron chi connectivity index (χ1n) is 7.13. The van der Waals surface area contributed by atoms with Gasteiger partial charge in [-0.15, -0.1) is 0 Å². The van der Waals surface area contributed by atoms with Gasteiger partial charge in [0.15, 0.2) is 0 Å². The van der Waals surface area contributed by atoms with Crippen LogP contribution in [0.25, 0.3) is 10.9 Å². The summed E-state index contributed by atoms with van der Waals surface area (Å²) in [6.45, 7) is 9.61. The normalized spacial score (nSPS) is 11.1. The van der Waals surface area contributed by atoms with Crippen molar-refractivity contribution in [1.29, 1.82) is 0 Å². The predicted octanol–water partition coefficient (Wildman–Crippen LogP) is 3.00. The van der Waals surface area contributed by atoms with Gasteiger partial charge < -0.3 is 14.6 Å². The Hall–Kier alpha value is -1.58. The highest BCUT2D eigenvalue weighted by atomic mass is 16.5. The van der Waals surface area contributed by atoms with Gasteiger partial charge in [0.25, 0.3) is 0 Å². The van der Waals surface area contributed by atoms with E-state index in [-0.39, 0.29) is 0 Å². The minimum atomic E-state index is 0.761. The van der Waals surface area contributed by atoms with Crippen LogP contribution in [0.15, 0.2) is 42.6 Å². The Morgan fingerprint density at radius 1 is 1.30 bits per heavy atom. The lowest BCUT2D eigenvalue weighted by Gasteiger charge is -2.03. The molecule has 0 unspecified atom stereocenters. The largest absolute Gasteiger partial charge is 0.383 e.